The number of nitrogens with zero attached hydrogens (tertiary/aromatic N) is 1. The Hall–Kier alpha value is -1.66. The maximum absolute atomic E-state index is 12.8. The molecule has 0 unspecified atom stereocenters. The highest BCUT2D eigenvalue weighted by Crippen LogP contribution is 2.37. The second-order valence-corrected chi connectivity index (χ2v) is 3.78. The first-order valence-electron chi connectivity index (χ1n) is 4.86. The first-order chi connectivity index (χ1) is 8.07. The molecule has 2 nitrogen and oxygen atoms in total. The molecule has 0 aliphatic rings. The van der Waals surface area contributed by atoms with E-state index in [0.717, 1.165) is 7.05 Å². The summed E-state index contributed by atoms with van der Waals surface area (Å²) in [7, 11) is 0.872. The van der Waals surface area contributed by atoms with Crippen LogP contribution in [0.5, 0.6) is 0 Å². The summed E-state index contributed by atoms with van der Waals surface area (Å²) in [6, 6.07) is 5.70. The number of halogens is 5. The normalized spacial score (nSPS) is 12.4. The summed E-state index contributed by atoms with van der Waals surface area (Å²) in [5, 5.41) is 0. The zero-order valence-corrected chi connectivity index (χ0v) is 9.55. The Balaban J connectivity index is 3.05. The van der Waals surface area contributed by atoms with Crippen LogP contribution < -0.4 is 4.90 Å². The Bertz CT molecular complexity index is 455. The lowest BCUT2D eigenvalue weighted by atomic mass is 10.2. The van der Waals surface area contributed by atoms with E-state index >= 15 is 0 Å². The summed E-state index contributed by atoms with van der Waals surface area (Å²) < 4.78 is 61.8. The van der Waals surface area contributed by atoms with Crippen molar-refractivity contribution in [2.45, 2.75) is 19.0 Å². The van der Waals surface area contributed by atoms with Gasteiger partial charge in [-0.2, -0.15) is 22.0 Å². The van der Waals surface area contributed by atoms with Gasteiger partial charge in [0.25, 0.3) is 0 Å². The molecule has 0 N–H and O–H groups in total. The van der Waals surface area contributed by atoms with Crippen LogP contribution in [0.25, 0.3) is 0 Å². The third-order valence-electron chi connectivity index (χ3n) is 2.32. The fraction of sp³-hybridized carbons (Fsp3) is 0.364. The highest BCUT2D eigenvalue weighted by atomic mass is 19.4. The molecular formula is C11H10F5NO. The zero-order chi connectivity index (χ0) is 14.1. The molecule has 0 aliphatic carbocycles. The molecule has 0 saturated carbocycles. The van der Waals surface area contributed by atoms with E-state index in [1.807, 2.05) is 0 Å². The Morgan fingerprint density at radius 3 is 2.17 bits per heavy atom. The smallest absolute Gasteiger partial charge is 0.310 e. The van der Waals surface area contributed by atoms with Crippen LogP contribution in [-0.4, -0.2) is 25.1 Å². The first-order valence-corrected chi connectivity index (χ1v) is 4.86. The molecule has 0 aromatic heterocycles. The number of aryl methyl sites for hydroxylation is 1. The van der Waals surface area contributed by atoms with Gasteiger partial charge in [0.1, 0.15) is 0 Å². The SMILES string of the molecule is Cc1cccc(N(C)C(=O)C(F)(F)C(F)(F)F)c1. The number of benzene rings is 1. The quantitative estimate of drug-likeness (QED) is 0.754. The number of hydrogen-bond donors (Lipinski definition) is 0. The minimum atomic E-state index is -5.90. The van der Waals surface area contributed by atoms with Crippen molar-refractivity contribution in [2.24, 2.45) is 0 Å². The summed E-state index contributed by atoms with van der Waals surface area (Å²) in [5.74, 6) is -7.70. The van der Waals surface area contributed by atoms with E-state index in [9.17, 15) is 26.7 Å². The number of amides is 1. The van der Waals surface area contributed by atoms with Gasteiger partial charge in [-0.25, -0.2) is 0 Å². The summed E-state index contributed by atoms with van der Waals surface area (Å²) >= 11 is 0. The largest absolute Gasteiger partial charge is 0.463 e. The second-order valence-electron chi connectivity index (χ2n) is 3.78. The van der Waals surface area contributed by atoms with Crippen LogP contribution in [0, 0.1) is 6.92 Å². The van der Waals surface area contributed by atoms with Gasteiger partial charge in [-0.05, 0) is 24.6 Å². The molecule has 0 spiro atoms. The number of hydrogen-bond acceptors (Lipinski definition) is 1. The maximum Gasteiger partial charge on any atom is 0.463 e. The van der Waals surface area contributed by atoms with Crippen molar-refractivity contribution in [2.75, 3.05) is 11.9 Å². The minimum absolute atomic E-state index is 0.0241. The highest BCUT2D eigenvalue weighted by molar-refractivity contribution is 5.98. The monoisotopic (exact) mass is 267 g/mol. The molecule has 1 rings (SSSR count). The molecule has 0 atom stereocenters. The molecule has 0 aliphatic heterocycles. The van der Waals surface area contributed by atoms with E-state index in [1.165, 1.54) is 18.2 Å². The Morgan fingerprint density at radius 2 is 1.72 bits per heavy atom. The van der Waals surface area contributed by atoms with E-state index in [1.54, 1.807) is 13.0 Å². The topological polar surface area (TPSA) is 20.3 Å². The standard InChI is InChI=1S/C11H10F5NO/c1-7-4-3-5-8(6-7)17(2)9(18)10(12,13)11(14,15)16/h3-6H,1-2H3. The molecule has 0 bridgehead atoms. The summed E-state index contributed by atoms with van der Waals surface area (Å²) in [4.78, 5) is 11.5. The lowest BCUT2D eigenvalue weighted by Gasteiger charge is -2.25. The van der Waals surface area contributed by atoms with Crippen molar-refractivity contribution in [3.8, 4) is 0 Å². The molecule has 0 saturated heterocycles. The molecule has 1 aromatic carbocycles. The number of alkyl halides is 5. The maximum atomic E-state index is 12.8. The Labute approximate surface area is 100 Å². The van der Waals surface area contributed by atoms with Crippen molar-refractivity contribution < 1.29 is 26.7 Å². The van der Waals surface area contributed by atoms with Gasteiger partial charge in [-0.15, -0.1) is 0 Å². The predicted molar refractivity (Wildman–Crippen MR) is 55.6 cm³/mol. The Morgan fingerprint density at radius 1 is 1.17 bits per heavy atom. The number of rotatable bonds is 2. The van der Waals surface area contributed by atoms with Crippen LogP contribution in [0.3, 0.4) is 0 Å². The van der Waals surface area contributed by atoms with Crippen molar-refractivity contribution in [3.05, 3.63) is 29.8 Å². The van der Waals surface area contributed by atoms with Crippen LogP contribution in [0.4, 0.5) is 27.6 Å². The molecular weight excluding hydrogens is 257 g/mol. The van der Waals surface area contributed by atoms with E-state index < -0.39 is 18.0 Å². The fourth-order valence-corrected chi connectivity index (χ4v) is 1.29. The molecule has 1 amide bonds. The van der Waals surface area contributed by atoms with E-state index in [2.05, 4.69) is 0 Å². The average molecular weight is 267 g/mol. The third kappa shape index (κ3) is 2.60. The second kappa shape index (κ2) is 4.55. The molecule has 0 fully saturated rings. The van der Waals surface area contributed by atoms with Crippen LogP contribution in [0.15, 0.2) is 24.3 Å². The number of carbonyl (C=O) groups is 1. The lowest BCUT2D eigenvalue weighted by molar-refractivity contribution is -0.268. The van der Waals surface area contributed by atoms with Gasteiger partial charge in [0.2, 0.25) is 0 Å². The lowest BCUT2D eigenvalue weighted by Crippen LogP contribution is -2.51. The molecule has 0 heterocycles. The third-order valence-corrected chi connectivity index (χ3v) is 2.32. The van der Waals surface area contributed by atoms with Crippen LogP contribution in [-0.2, 0) is 4.79 Å². The van der Waals surface area contributed by atoms with Crippen molar-refractivity contribution in [1.29, 1.82) is 0 Å². The van der Waals surface area contributed by atoms with Gasteiger partial charge in [0.15, 0.2) is 0 Å². The van der Waals surface area contributed by atoms with Gasteiger partial charge in [0, 0.05) is 12.7 Å². The van der Waals surface area contributed by atoms with Gasteiger partial charge in [-0.3, -0.25) is 4.79 Å². The summed E-state index contributed by atoms with van der Waals surface area (Å²) in [5.41, 5.74) is 0.617. The molecule has 18 heavy (non-hydrogen) atoms. The van der Waals surface area contributed by atoms with Gasteiger partial charge in [0.05, 0.1) is 0 Å². The van der Waals surface area contributed by atoms with Crippen molar-refractivity contribution in [3.63, 3.8) is 0 Å². The molecule has 1 aromatic rings. The van der Waals surface area contributed by atoms with E-state index in [0.29, 0.717) is 10.5 Å². The predicted octanol–water partition coefficient (Wildman–Crippen LogP) is 3.16. The summed E-state index contributed by atoms with van der Waals surface area (Å²) in [6.45, 7) is 1.63. The average Bonchev–Trinajstić information content (AvgIpc) is 2.25. The fourth-order valence-electron chi connectivity index (χ4n) is 1.29. The van der Waals surface area contributed by atoms with Gasteiger partial charge < -0.3 is 4.90 Å². The van der Waals surface area contributed by atoms with E-state index in [4.69, 9.17) is 0 Å². The number of carbonyl (C=O) groups excluding carboxylic acids is 1. The van der Waals surface area contributed by atoms with Crippen LogP contribution >= 0.6 is 0 Å². The molecule has 7 heteroatoms. The molecule has 0 radical (unpaired) electrons. The van der Waals surface area contributed by atoms with Crippen LogP contribution in [0.2, 0.25) is 0 Å². The first kappa shape index (κ1) is 14.4. The summed E-state index contributed by atoms with van der Waals surface area (Å²) in [6.07, 6.45) is -5.90. The Kier molecular flexibility index (Phi) is 3.64. The van der Waals surface area contributed by atoms with Gasteiger partial charge in [-0.1, -0.05) is 12.1 Å². The number of anilines is 1. The van der Waals surface area contributed by atoms with Crippen LogP contribution in [0.1, 0.15) is 5.56 Å². The molecule has 100 valence electrons. The van der Waals surface area contributed by atoms with Crippen molar-refractivity contribution >= 4 is 11.6 Å². The minimum Gasteiger partial charge on any atom is -0.310 e. The van der Waals surface area contributed by atoms with Gasteiger partial charge >= 0.3 is 18.0 Å². The zero-order valence-electron chi connectivity index (χ0n) is 9.55. The highest BCUT2D eigenvalue weighted by Gasteiger charge is 2.64. The van der Waals surface area contributed by atoms with E-state index in [-0.39, 0.29) is 5.69 Å². The van der Waals surface area contributed by atoms with Crippen molar-refractivity contribution in [1.82, 2.24) is 0 Å².